The van der Waals surface area contributed by atoms with Crippen molar-refractivity contribution in [1.29, 1.82) is 0 Å². The first-order valence-corrected chi connectivity index (χ1v) is 7.38. The van der Waals surface area contributed by atoms with E-state index >= 15 is 0 Å². The molecule has 0 bridgehead atoms. The van der Waals surface area contributed by atoms with Gasteiger partial charge in [0.15, 0.2) is 0 Å². The van der Waals surface area contributed by atoms with Gasteiger partial charge in [0.05, 0.1) is 24.0 Å². The molecule has 0 unspecified atom stereocenters. The smallest absolute Gasteiger partial charge is 0.292 e. The van der Waals surface area contributed by atoms with E-state index in [-0.39, 0.29) is 23.7 Å². The molecule has 0 radical (unpaired) electrons. The van der Waals surface area contributed by atoms with Crippen LogP contribution in [-0.4, -0.2) is 40.9 Å². The zero-order valence-electron chi connectivity index (χ0n) is 12.8. The number of nitrogen functional groups attached to an aromatic ring is 1. The number of amides is 1. The van der Waals surface area contributed by atoms with Gasteiger partial charge in [0, 0.05) is 23.5 Å². The van der Waals surface area contributed by atoms with Gasteiger partial charge in [0.1, 0.15) is 6.33 Å². The van der Waals surface area contributed by atoms with Crippen LogP contribution in [0.3, 0.4) is 0 Å². The number of aromatic amines is 1. The molecule has 3 N–H and O–H groups in total. The van der Waals surface area contributed by atoms with Gasteiger partial charge in [0.2, 0.25) is 11.8 Å². The van der Waals surface area contributed by atoms with Gasteiger partial charge in [-0.05, 0) is 19.1 Å². The summed E-state index contributed by atoms with van der Waals surface area (Å²) in [6.45, 7) is 2.29. The van der Waals surface area contributed by atoms with Gasteiger partial charge in [0.25, 0.3) is 5.91 Å². The number of hydrogen-bond acceptors (Lipinski definition) is 7. The summed E-state index contributed by atoms with van der Waals surface area (Å²) in [7, 11) is 0. The van der Waals surface area contributed by atoms with E-state index in [0.29, 0.717) is 6.54 Å². The lowest BCUT2D eigenvalue weighted by atomic mass is 10.1. The fourth-order valence-electron chi connectivity index (χ4n) is 2.92. The van der Waals surface area contributed by atoms with Crippen molar-refractivity contribution in [2.75, 3.05) is 5.73 Å². The molecule has 0 saturated heterocycles. The maximum atomic E-state index is 12.6. The minimum Gasteiger partial charge on any atom is -0.368 e. The highest BCUT2D eigenvalue weighted by atomic mass is 16.2. The molecule has 120 valence electrons. The topological polar surface area (TPSA) is 127 Å². The number of nitrogens with two attached hydrogens (primary N) is 1. The van der Waals surface area contributed by atoms with E-state index in [1.54, 1.807) is 17.3 Å². The number of carbonyl (C=O) groups is 1. The minimum atomic E-state index is -0.239. The van der Waals surface area contributed by atoms with Crippen LogP contribution in [0.1, 0.15) is 34.8 Å². The number of rotatable bonds is 2. The number of fused-ring (bicyclic) bond motifs is 1. The van der Waals surface area contributed by atoms with Gasteiger partial charge in [-0.2, -0.15) is 5.10 Å². The highest BCUT2D eigenvalue weighted by Gasteiger charge is 2.36. The Balaban J connectivity index is 1.78. The molecule has 0 saturated carbocycles. The molecular weight excluding hydrogens is 308 g/mol. The van der Waals surface area contributed by atoms with Gasteiger partial charge in [-0.15, -0.1) is 0 Å². The number of H-pyrrole nitrogens is 1. The first-order chi connectivity index (χ1) is 11.6. The number of nitrogens with one attached hydrogen (secondary N) is 1. The molecule has 9 heteroatoms. The van der Waals surface area contributed by atoms with Crippen molar-refractivity contribution in [1.82, 2.24) is 35.0 Å². The summed E-state index contributed by atoms with van der Waals surface area (Å²) < 4.78 is 0. The molecule has 1 amide bonds. The lowest BCUT2D eigenvalue weighted by Crippen LogP contribution is -2.29. The van der Waals surface area contributed by atoms with Crippen molar-refractivity contribution < 1.29 is 4.79 Å². The normalized spacial score (nSPS) is 16.2. The average Bonchev–Trinajstić information content (AvgIpc) is 3.24. The number of anilines is 1. The van der Waals surface area contributed by atoms with E-state index in [1.165, 1.54) is 6.33 Å². The van der Waals surface area contributed by atoms with E-state index in [4.69, 9.17) is 5.73 Å². The second-order valence-corrected chi connectivity index (χ2v) is 5.47. The standard InChI is InChI=1S/C15H14N8O/c1-8-11-10(6-23(8)14(24)13-18-7-19-22-13)12(21-15(16)20-11)9-2-4-17-5-3-9/h2-5,7-8H,6H2,1H3,(H2,16,20,21)(H,18,19,22)/t8-/m0/s1. The summed E-state index contributed by atoms with van der Waals surface area (Å²) >= 11 is 0. The largest absolute Gasteiger partial charge is 0.368 e. The summed E-state index contributed by atoms with van der Waals surface area (Å²) in [5.41, 5.74) is 9.12. The molecule has 0 aliphatic carbocycles. The lowest BCUT2D eigenvalue weighted by molar-refractivity contribution is 0.0691. The molecule has 3 aromatic rings. The number of carbonyl (C=O) groups excluding carboxylic acids is 1. The monoisotopic (exact) mass is 322 g/mol. The van der Waals surface area contributed by atoms with Gasteiger partial charge in [-0.25, -0.2) is 15.0 Å². The Hall–Kier alpha value is -3.36. The lowest BCUT2D eigenvalue weighted by Gasteiger charge is -2.19. The number of hydrogen-bond donors (Lipinski definition) is 2. The molecule has 24 heavy (non-hydrogen) atoms. The summed E-state index contributed by atoms with van der Waals surface area (Å²) in [6, 6.07) is 3.48. The molecule has 0 aromatic carbocycles. The molecule has 0 spiro atoms. The molecule has 4 heterocycles. The molecule has 9 nitrogen and oxygen atoms in total. The van der Waals surface area contributed by atoms with E-state index in [1.807, 2.05) is 19.1 Å². The Kier molecular flexibility index (Phi) is 3.19. The van der Waals surface area contributed by atoms with Crippen LogP contribution in [0.2, 0.25) is 0 Å². The Morgan fingerprint density at radius 3 is 2.83 bits per heavy atom. The molecule has 3 aromatic heterocycles. The first kappa shape index (κ1) is 14.2. The summed E-state index contributed by atoms with van der Waals surface area (Å²) in [5.74, 6) is 0.139. The van der Waals surface area contributed by atoms with Crippen LogP contribution in [0.25, 0.3) is 11.3 Å². The van der Waals surface area contributed by atoms with E-state index < -0.39 is 0 Å². The van der Waals surface area contributed by atoms with Gasteiger partial charge < -0.3 is 10.6 Å². The van der Waals surface area contributed by atoms with Gasteiger partial charge >= 0.3 is 0 Å². The van der Waals surface area contributed by atoms with Crippen LogP contribution in [0.15, 0.2) is 30.9 Å². The van der Waals surface area contributed by atoms with Gasteiger partial charge in [-0.3, -0.25) is 14.9 Å². The predicted octanol–water partition coefficient (Wildman–Crippen LogP) is 0.956. The minimum absolute atomic E-state index is 0.182. The number of aromatic nitrogens is 6. The van der Waals surface area contributed by atoms with Crippen molar-refractivity contribution >= 4 is 11.9 Å². The number of pyridine rings is 1. The average molecular weight is 322 g/mol. The maximum absolute atomic E-state index is 12.6. The SMILES string of the molecule is C[C@H]1c2nc(N)nc(-c3ccncc3)c2CN1C(=O)c1ncn[nH]1. The third-order valence-electron chi connectivity index (χ3n) is 4.08. The molecule has 0 fully saturated rings. The Morgan fingerprint density at radius 1 is 1.33 bits per heavy atom. The Morgan fingerprint density at radius 2 is 2.12 bits per heavy atom. The summed E-state index contributed by atoms with van der Waals surface area (Å²) in [4.78, 5) is 31.0. The molecule has 1 aliphatic heterocycles. The molecule has 4 rings (SSSR count). The zero-order valence-corrected chi connectivity index (χ0v) is 12.8. The van der Waals surface area contributed by atoms with E-state index in [0.717, 1.165) is 22.5 Å². The van der Waals surface area contributed by atoms with Gasteiger partial charge in [-0.1, -0.05) is 0 Å². The third-order valence-corrected chi connectivity index (χ3v) is 4.08. The summed E-state index contributed by atoms with van der Waals surface area (Å²) in [6.07, 6.45) is 4.69. The fraction of sp³-hybridized carbons (Fsp3) is 0.200. The second kappa shape index (κ2) is 5.37. The second-order valence-electron chi connectivity index (χ2n) is 5.47. The van der Waals surface area contributed by atoms with Crippen molar-refractivity contribution in [2.45, 2.75) is 19.5 Å². The van der Waals surface area contributed by atoms with Crippen molar-refractivity contribution in [3.63, 3.8) is 0 Å². The highest BCUT2D eigenvalue weighted by molar-refractivity contribution is 5.91. The maximum Gasteiger partial charge on any atom is 0.292 e. The summed E-state index contributed by atoms with van der Waals surface area (Å²) in [5, 5.41) is 6.33. The molecule has 1 atom stereocenters. The van der Waals surface area contributed by atoms with Crippen LogP contribution >= 0.6 is 0 Å². The van der Waals surface area contributed by atoms with Crippen LogP contribution in [0, 0.1) is 0 Å². The molecular formula is C15H14N8O. The van der Waals surface area contributed by atoms with Crippen LogP contribution < -0.4 is 5.73 Å². The Labute approximate surface area is 137 Å². The van der Waals surface area contributed by atoms with Crippen LogP contribution in [-0.2, 0) is 6.54 Å². The Bertz CT molecular complexity index is 893. The molecule has 1 aliphatic rings. The quantitative estimate of drug-likeness (QED) is 0.719. The van der Waals surface area contributed by atoms with Crippen LogP contribution in [0.4, 0.5) is 5.95 Å². The fourth-order valence-corrected chi connectivity index (χ4v) is 2.92. The predicted molar refractivity (Wildman–Crippen MR) is 84.3 cm³/mol. The van der Waals surface area contributed by atoms with Crippen molar-refractivity contribution in [3.8, 4) is 11.3 Å². The van der Waals surface area contributed by atoms with E-state index in [2.05, 4.69) is 30.1 Å². The third kappa shape index (κ3) is 2.18. The first-order valence-electron chi connectivity index (χ1n) is 7.38. The van der Waals surface area contributed by atoms with E-state index in [9.17, 15) is 4.79 Å². The van der Waals surface area contributed by atoms with Crippen LogP contribution in [0.5, 0.6) is 0 Å². The van der Waals surface area contributed by atoms with Crippen molar-refractivity contribution in [2.24, 2.45) is 0 Å². The highest BCUT2D eigenvalue weighted by Crippen LogP contribution is 2.37. The zero-order chi connectivity index (χ0) is 16.7. The van der Waals surface area contributed by atoms with Crippen molar-refractivity contribution in [3.05, 3.63) is 47.9 Å². The number of nitrogens with zero attached hydrogens (tertiary/aromatic N) is 6.